The van der Waals surface area contributed by atoms with Crippen molar-refractivity contribution in [1.29, 1.82) is 0 Å². The van der Waals surface area contributed by atoms with Crippen molar-refractivity contribution in [3.63, 3.8) is 0 Å². The average molecular weight is 265 g/mol. The molecule has 0 bridgehead atoms. The van der Waals surface area contributed by atoms with Crippen molar-refractivity contribution in [2.75, 3.05) is 18.1 Å². The Labute approximate surface area is 103 Å². The summed E-state index contributed by atoms with van der Waals surface area (Å²) in [5.41, 5.74) is 0. The van der Waals surface area contributed by atoms with Crippen LogP contribution in [0.1, 0.15) is 32.6 Å². The maximum atomic E-state index is 11.2. The van der Waals surface area contributed by atoms with Crippen LogP contribution < -0.4 is 5.32 Å². The maximum Gasteiger partial charge on any atom is 0.256 e. The molecule has 1 aliphatic rings. The summed E-state index contributed by atoms with van der Waals surface area (Å²) >= 11 is 4.99. The van der Waals surface area contributed by atoms with E-state index in [0.29, 0.717) is 18.2 Å². The Hall–Kier alpha value is -0.360. The zero-order chi connectivity index (χ0) is 12.0. The summed E-state index contributed by atoms with van der Waals surface area (Å²) in [6, 6.07) is -0.0660. The van der Waals surface area contributed by atoms with Gasteiger partial charge in [-0.15, -0.1) is 0 Å². The van der Waals surface area contributed by atoms with Gasteiger partial charge in [0.25, 0.3) is 5.17 Å². The van der Waals surface area contributed by atoms with Crippen LogP contribution >= 0.6 is 12.2 Å². The van der Waals surface area contributed by atoms with Crippen LogP contribution in [-0.4, -0.2) is 37.7 Å². The lowest BCUT2D eigenvalue weighted by atomic mass is 10.3. The van der Waals surface area contributed by atoms with Crippen LogP contribution in [-0.2, 0) is 14.6 Å². The second-order valence-electron chi connectivity index (χ2n) is 4.09. The van der Waals surface area contributed by atoms with Gasteiger partial charge in [-0.25, -0.2) is 8.42 Å². The number of rotatable bonds is 5. The highest BCUT2D eigenvalue weighted by Crippen LogP contribution is 2.11. The van der Waals surface area contributed by atoms with Gasteiger partial charge in [-0.2, -0.15) is 0 Å². The lowest BCUT2D eigenvalue weighted by Gasteiger charge is -2.13. The molecular weight excluding hydrogens is 246 g/mol. The fourth-order valence-electron chi connectivity index (χ4n) is 1.63. The monoisotopic (exact) mass is 265 g/mol. The number of sulfone groups is 1. The lowest BCUT2D eigenvalue weighted by molar-refractivity contribution is 0.284. The van der Waals surface area contributed by atoms with E-state index in [4.69, 9.17) is 17.0 Å². The molecular formula is C10H19NO3S2. The standard InChI is InChI=1S/C10H19NO3S2/c1-2-3-4-6-14-10(15)11-9-5-7-16(12,13)8-9/h9H,2-8H2,1H3,(H,11,15). The first-order valence-corrected chi connectivity index (χ1v) is 7.90. The minimum absolute atomic E-state index is 0.0660. The third-order valence-electron chi connectivity index (χ3n) is 2.54. The number of nitrogens with one attached hydrogen (secondary N) is 1. The second-order valence-corrected chi connectivity index (χ2v) is 6.69. The highest BCUT2D eigenvalue weighted by atomic mass is 32.2. The van der Waals surface area contributed by atoms with Gasteiger partial charge in [0.05, 0.1) is 18.1 Å². The number of thiocarbonyl (C=S) groups is 1. The van der Waals surface area contributed by atoms with Crippen LogP contribution in [0.25, 0.3) is 0 Å². The highest BCUT2D eigenvalue weighted by Gasteiger charge is 2.28. The van der Waals surface area contributed by atoms with Crippen LogP contribution in [0.15, 0.2) is 0 Å². The summed E-state index contributed by atoms with van der Waals surface area (Å²) in [6.45, 7) is 2.74. The molecule has 4 nitrogen and oxygen atoms in total. The minimum atomic E-state index is -2.85. The molecule has 94 valence electrons. The largest absolute Gasteiger partial charge is 0.471 e. The number of hydrogen-bond donors (Lipinski definition) is 1. The quantitative estimate of drug-likeness (QED) is 0.599. The molecule has 1 saturated heterocycles. The molecule has 0 aliphatic carbocycles. The molecule has 1 aliphatic heterocycles. The van der Waals surface area contributed by atoms with E-state index in [9.17, 15) is 8.42 Å². The Morgan fingerprint density at radius 3 is 2.81 bits per heavy atom. The Bertz CT molecular complexity index is 327. The van der Waals surface area contributed by atoms with Gasteiger partial charge in [-0.05, 0) is 25.1 Å². The van der Waals surface area contributed by atoms with Crippen molar-refractivity contribution in [3.05, 3.63) is 0 Å². The van der Waals surface area contributed by atoms with Crippen molar-refractivity contribution in [2.45, 2.75) is 38.6 Å². The van der Waals surface area contributed by atoms with E-state index in [0.717, 1.165) is 19.3 Å². The summed E-state index contributed by atoms with van der Waals surface area (Å²) in [6.07, 6.45) is 3.88. The predicted octanol–water partition coefficient (Wildman–Crippen LogP) is 1.25. The van der Waals surface area contributed by atoms with Crippen LogP contribution in [0.5, 0.6) is 0 Å². The summed E-state index contributed by atoms with van der Waals surface area (Å²) in [7, 11) is -2.85. The zero-order valence-electron chi connectivity index (χ0n) is 9.57. The van der Waals surface area contributed by atoms with E-state index in [1.54, 1.807) is 0 Å². The fourth-order valence-corrected chi connectivity index (χ4v) is 3.56. The Kier molecular flexibility index (Phi) is 5.48. The molecule has 16 heavy (non-hydrogen) atoms. The fraction of sp³-hybridized carbons (Fsp3) is 0.900. The highest BCUT2D eigenvalue weighted by molar-refractivity contribution is 7.91. The first-order chi connectivity index (χ1) is 7.53. The minimum Gasteiger partial charge on any atom is -0.471 e. The Morgan fingerprint density at radius 1 is 1.50 bits per heavy atom. The van der Waals surface area contributed by atoms with Gasteiger partial charge in [0, 0.05) is 6.04 Å². The van der Waals surface area contributed by atoms with Gasteiger partial charge >= 0.3 is 0 Å². The molecule has 0 radical (unpaired) electrons. The smallest absolute Gasteiger partial charge is 0.256 e. The molecule has 6 heteroatoms. The number of ether oxygens (including phenoxy) is 1. The molecule has 0 saturated carbocycles. The summed E-state index contributed by atoms with van der Waals surface area (Å²) in [4.78, 5) is 0. The molecule has 1 unspecified atom stereocenters. The Morgan fingerprint density at radius 2 is 2.25 bits per heavy atom. The summed E-state index contributed by atoms with van der Waals surface area (Å²) < 4.78 is 27.7. The molecule has 1 rings (SSSR count). The lowest BCUT2D eigenvalue weighted by Crippen LogP contribution is -2.35. The van der Waals surface area contributed by atoms with Gasteiger partial charge in [0.2, 0.25) is 0 Å². The molecule has 1 fully saturated rings. The molecule has 1 atom stereocenters. The van der Waals surface area contributed by atoms with E-state index in [1.807, 2.05) is 0 Å². The third-order valence-corrected chi connectivity index (χ3v) is 4.54. The van der Waals surface area contributed by atoms with Crippen molar-refractivity contribution in [3.8, 4) is 0 Å². The normalized spacial score (nSPS) is 22.9. The predicted molar refractivity (Wildman–Crippen MR) is 68.3 cm³/mol. The number of unbranched alkanes of at least 4 members (excludes halogenated alkanes) is 2. The van der Waals surface area contributed by atoms with E-state index in [2.05, 4.69) is 12.2 Å². The maximum absolute atomic E-state index is 11.2. The average Bonchev–Trinajstić information content (AvgIpc) is 2.53. The van der Waals surface area contributed by atoms with Crippen molar-refractivity contribution in [1.82, 2.24) is 5.32 Å². The van der Waals surface area contributed by atoms with Gasteiger partial charge in [0.1, 0.15) is 0 Å². The van der Waals surface area contributed by atoms with Crippen molar-refractivity contribution in [2.24, 2.45) is 0 Å². The van der Waals surface area contributed by atoms with E-state index < -0.39 is 9.84 Å². The van der Waals surface area contributed by atoms with Gasteiger partial charge < -0.3 is 10.1 Å². The first-order valence-electron chi connectivity index (χ1n) is 5.67. The van der Waals surface area contributed by atoms with Gasteiger partial charge in [-0.1, -0.05) is 19.8 Å². The van der Waals surface area contributed by atoms with Crippen LogP contribution in [0.2, 0.25) is 0 Å². The number of hydrogen-bond acceptors (Lipinski definition) is 4. The van der Waals surface area contributed by atoms with E-state index in [1.165, 1.54) is 0 Å². The molecule has 0 spiro atoms. The molecule has 0 amide bonds. The summed E-state index contributed by atoms with van der Waals surface area (Å²) in [5.74, 6) is 0.425. The molecule has 1 heterocycles. The zero-order valence-corrected chi connectivity index (χ0v) is 11.2. The van der Waals surface area contributed by atoms with Gasteiger partial charge in [0.15, 0.2) is 9.84 Å². The summed E-state index contributed by atoms with van der Waals surface area (Å²) in [5, 5.41) is 3.27. The molecule has 0 aromatic heterocycles. The molecule has 0 aromatic rings. The van der Waals surface area contributed by atoms with Crippen LogP contribution in [0.4, 0.5) is 0 Å². The van der Waals surface area contributed by atoms with Crippen LogP contribution in [0.3, 0.4) is 0 Å². The van der Waals surface area contributed by atoms with E-state index >= 15 is 0 Å². The van der Waals surface area contributed by atoms with Gasteiger partial charge in [-0.3, -0.25) is 0 Å². The Balaban J connectivity index is 2.15. The molecule has 1 N–H and O–H groups in total. The van der Waals surface area contributed by atoms with E-state index in [-0.39, 0.29) is 17.5 Å². The van der Waals surface area contributed by atoms with Crippen molar-refractivity contribution >= 4 is 27.2 Å². The SMILES string of the molecule is CCCCCOC(=S)NC1CCS(=O)(=O)C1. The third kappa shape index (κ3) is 5.12. The van der Waals surface area contributed by atoms with Crippen LogP contribution in [0, 0.1) is 0 Å². The second kappa shape index (κ2) is 6.39. The van der Waals surface area contributed by atoms with Crippen molar-refractivity contribution < 1.29 is 13.2 Å². The molecule has 0 aromatic carbocycles. The first kappa shape index (κ1) is 13.7. The topological polar surface area (TPSA) is 55.4 Å².